The molecular weight excluding hydrogens is 431 g/mol. The fourth-order valence-corrected chi connectivity index (χ4v) is 4.41. The minimum atomic E-state index is -1.47. The lowest BCUT2D eigenvalue weighted by Gasteiger charge is -2.47. The number of aliphatic imine (C=N–C) groups is 1. The summed E-state index contributed by atoms with van der Waals surface area (Å²) in [5, 5.41) is 2.51. The smallest absolute Gasteiger partial charge is 0.414 e. The normalized spacial score (nSPS) is 27.6. The van der Waals surface area contributed by atoms with Crippen LogP contribution in [0.5, 0.6) is 0 Å². The Labute approximate surface area is 191 Å². The first-order valence-electron chi connectivity index (χ1n) is 11.3. The maximum atomic E-state index is 15.5. The van der Waals surface area contributed by atoms with Crippen molar-refractivity contribution in [2.75, 3.05) is 13.7 Å². The Morgan fingerprint density at radius 3 is 2.70 bits per heavy atom. The van der Waals surface area contributed by atoms with Gasteiger partial charge in [0, 0.05) is 31.4 Å². The van der Waals surface area contributed by atoms with Gasteiger partial charge in [-0.2, -0.15) is 0 Å². The predicted molar refractivity (Wildman–Crippen MR) is 118 cm³/mol. The number of pyridine rings is 1. The van der Waals surface area contributed by atoms with Gasteiger partial charge in [0.1, 0.15) is 17.0 Å². The summed E-state index contributed by atoms with van der Waals surface area (Å²) < 4.78 is 27.9. The molecule has 1 saturated carbocycles. The van der Waals surface area contributed by atoms with Crippen LogP contribution in [0.2, 0.25) is 0 Å². The van der Waals surface area contributed by atoms with Crippen molar-refractivity contribution in [2.45, 2.75) is 70.7 Å². The van der Waals surface area contributed by atoms with Crippen molar-refractivity contribution in [1.29, 1.82) is 0 Å². The molecule has 0 aromatic carbocycles. The van der Waals surface area contributed by atoms with E-state index < -0.39 is 29.0 Å². The average molecular weight is 463 g/mol. The second kappa shape index (κ2) is 8.23. The number of alkyl carbamates (subject to hydrolysis) is 1. The quantitative estimate of drug-likeness (QED) is 0.743. The second-order valence-corrected chi connectivity index (χ2v) is 10.3. The largest absolute Gasteiger partial charge is 0.444 e. The molecule has 1 aliphatic carbocycles. The van der Waals surface area contributed by atoms with E-state index in [-0.39, 0.29) is 35.7 Å². The van der Waals surface area contributed by atoms with E-state index >= 15 is 4.39 Å². The van der Waals surface area contributed by atoms with Gasteiger partial charge in [0.25, 0.3) is 5.56 Å². The van der Waals surface area contributed by atoms with Crippen LogP contribution >= 0.6 is 0 Å². The molecule has 2 fully saturated rings. The lowest BCUT2D eigenvalue weighted by molar-refractivity contribution is -0.144. The van der Waals surface area contributed by atoms with Crippen molar-refractivity contribution in [2.24, 2.45) is 16.8 Å². The first-order chi connectivity index (χ1) is 15.4. The number of carbonyl (C=O) groups is 2. The maximum Gasteiger partial charge on any atom is 0.414 e. The van der Waals surface area contributed by atoms with Gasteiger partial charge in [-0.3, -0.25) is 19.8 Å². The van der Waals surface area contributed by atoms with E-state index in [1.807, 2.05) is 6.92 Å². The Bertz CT molecular complexity index is 1060. The zero-order valence-electron chi connectivity index (χ0n) is 19.7. The molecule has 2 aliphatic heterocycles. The molecule has 0 unspecified atom stereocenters. The van der Waals surface area contributed by atoms with Crippen molar-refractivity contribution in [1.82, 2.24) is 14.8 Å². The summed E-state index contributed by atoms with van der Waals surface area (Å²) >= 11 is 0. The number of amides is 2. The Morgan fingerprint density at radius 2 is 2.06 bits per heavy atom. The van der Waals surface area contributed by atoms with Crippen LogP contribution in [0, 0.1) is 17.7 Å². The molecule has 0 bridgehead atoms. The van der Waals surface area contributed by atoms with Crippen molar-refractivity contribution in [3.8, 4) is 0 Å². The summed E-state index contributed by atoms with van der Waals surface area (Å²) in [4.78, 5) is 44.5. The topological polar surface area (TPSA) is 102 Å². The van der Waals surface area contributed by atoms with E-state index in [2.05, 4.69) is 10.3 Å². The third-order valence-corrected chi connectivity index (χ3v) is 6.29. The SMILES string of the molecule is C[C@H]1C[C@H]2C(=O)N(C)C(NC(=O)OC(C)(C)C)=N[C@@]2(c2cc(=O)n(CC3CC3)cc2F)CO1. The number of hydrogen-bond donors (Lipinski definition) is 1. The van der Waals surface area contributed by atoms with Gasteiger partial charge in [0.2, 0.25) is 11.9 Å². The average Bonchev–Trinajstić information content (AvgIpc) is 3.52. The molecular formula is C23H31FN4O5. The Kier molecular flexibility index (Phi) is 5.84. The van der Waals surface area contributed by atoms with Crippen LogP contribution in [0.25, 0.3) is 0 Å². The molecule has 33 heavy (non-hydrogen) atoms. The van der Waals surface area contributed by atoms with Gasteiger partial charge < -0.3 is 14.0 Å². The number of rotatable bonds is 3. The zero-order chi connectivity index (χ0) is 24.1. The molecule has 4 rings (SSSR count). The fourth-order valence-electron chi connectivity index (χ4n) is 4.41. The van der Waals surface area contributed by atoms with E-state index in [4.69, 9.17) is 9.47 Å². The molecule has 1 N–H and O–H groups in total. The van der Waals surface area contributed by atoms with E-state index in [9.17, 15) is 14.4 Å². The summed E-state index contributed by atoms with van der Waals surface area (Å²) in [6.45, 7) is 7.34. The number of carbonyl (C=O) groups excluding carboxylic acids is 2. The predicted octanol–water partition coefficient (Wildman–Crippen LogP) is 2.37. The monoisotopic (exact) mass is 462 g/mol. The molecule has 2 amide bonds. The minimum Gasteiger partial charge on any atom is -0.444 e. The van der Waals surface area contributed by atoms with Gasteiger partial charge in [-0.15, -0.1) is 0 Å². The Balaban J connectivity index is 1.78. The number of nitrogens with one attached hydrogen (secondary N) is 1. The molecule has 0 spiro atoms. The highest BCUT2D eigenvalue weighted by Crippen LogP contribution is 2.45. The maximum absolute atomic E-state index is 15.5. The summed E-state index contributed by atoms with van der Waals surface area (Å²) in [5.41, 5.74) is -2.58. The summed E-state index contributed by atoms with van der Waals surface area (Å²) in [6, 6.07) is 1.22. The minimum absolute atomic E-state index is 0.00128. The number of aromatic nitrogens is 1. The van der Waals surface area contributed by atoms with Crippen molar-refractivity contribution < 1.29 is 23.5 Å². The summed E-state index contributed by atoms with van der Waals surface area (Å²) in [5.74, 6) is -1.40. The molecule has 3 heterocycles. The lowest BCUT2D eigenvalue weighted by Crippen LogP contribution is -2.61. The number of fused-ring (bicyclic) bond motifs is 1. The van der Waals surface area contributed by atoms with E-state index in [0.29, 0.717) is 18.9 Å². The van der Waals surface area contributed by atoms with E-state index in [1.165, 1.54) is 28.8 Å². The Hall–Kier alpha value is -2.75. The highest BCUT2D eigenvalue weighted by Gasteiger charge is 2.54. The fraction of sp³-hybridized carbons (Fsp3) is 0.652. The van der Waals surface area contributed by atoms with Crippen LogP contribution in [0.3, 0.4) is 0 Å². The zero-order valence-corrected chi connectivity index (χ0v) is 19.7. The molecule has 9 nitrogen and oxygen atoms in total. The molecule has 3 atom stereocenters. The number of ether oxygens (including phenoxy) is 2. The van der Waals surface area contributed by atoms with Gasteiger partial charge in [0.15, 0.2) is 0 Å². The van der Waals surface area contributed by atoms with Crippen molar-refractivity contribution >= 4 is 18.0 Å². The lowest BCUT2D eigenvalue weighted by atomic mass is 9.73. The van der Waals surface area contributed by atoms with Crippen LogP contribution in [0.15, 0.2) is 22.1 Å². The van der Waals surface area contributed by atoms with Gasteiger partial charge in [-0.1, -0.05) is 0 Å². The van der Waals surface area contributed by atoms with Gasteiger partial charge in [0.05, 0.1) is 18.6 Å². The van der Waals surface area contributed by atoms with Gasteiger partial charge >= 0.3 is 6.09 Å². The van der Waals surface area contributed by atoms with Gasteiger partial charge in [-0.25, -0.2) is 14.2 Å². The standard InChI is InChI=1S/C23H31FN4O5/c1-13-8-16-19(30)27(5)20(25-21(31)33-22(2,3)4)26-23(16,12-32-13)15-9-18(29)28(11-17(15)24)10-14-6-7-14/h9,11,13-14,16H,6-8,10,12H2,1-5H3,(H,25,26,31)/t13-,16-,23+/m0/s1. The number of guanidine groups is 1. The third kappa shape index (κ3) is 4.66. The number of hydrogen-bond acceptors (Lipinski definition) is 6. The van der Waals surface area contributed by atoms with Crippen LogP contribution in [0.4, 0.5) is 9.18 Å². The van der Waals surface area contributed by atoms with Crippen molar-refractivity contribution in [3.63, 3.8) is 0 Å². The molecule has 1 aromatic heterocycles. The molecule has 180 valence electrons. The molecule has 1 aromatic rings. The van der Waals surface area contributed by atoms with Crippen LogP contribution in [-0.2, 0) is 26.4 Å². The van der Waals surface area contributed by atoms with E-state index in [1.54, 1.807) is 20.8 Å². The number of halogens is 1. The third-order valence-electron chi connectivity index (χ3n) is 6.29. The van der Waals surface area contributed by atoms with Crippen LogP contribution in [0.1, 0.15) is 52.5 Å². The Morgan fingerprint density at radius 1 is 1.36 bits per heavy atom. The number of nitrogens with zero attached hydrogens (tertiary/aromatic N) is 3. The second-order valence-electron chi connectivity index (χ2n) is 10.3. The van der Waals surface area contributed by atoms with Crippen LogP contribution < -0.4 is 10.9 Å². The van der Waals surface area contributed by atoms with E-state index in [0.717, 1.165) is 12.8 Å². The van der Waals surface area contributed by atoms with Crippen LogP contribution in [-0.4, -0.2) is 52.8 Å². The van der Waals surface area contributed by atoms with Crippen molar-refractivity contribution in [3.05, 3.63) is 34.0 Å². The molecule has 1 saturated heterocycles. The first-order valence-corrected chi connectivity index (χ1v) is 11.3. The molecule has 0 radical (unpaired) electrons. The first kappa shape index (κ1) is 23.4. The van der Waals surface area contributed by atoms with Gasteiger partial charge in [-0.05, 0) is 52.9 Å². The molecule has 3 aliphatic rings. The summed E-state index contributed by atoms with van der Waals surface area (Å²) in [6.07, 6.45) is 2.52. The summed E-state index contributed by atoms with van der Waals surface area (Å²) in [7, 11) is 1.49. The highest BCUT2D eigenvalue weighted by atomic mass is 19.1. The molecule has 10 heteroatoms. The highest BCUT2D eigenvalue weighted by molar-refractivity contribution is 6.05.